The van der Waals surface area contributed by atoms with Crippen molar-refractivity contribution in [1.82, 2.24) is 20.2 Å². The van der Waals surface area contributed by atoms with E-state index in [2.05, 4.69) is 25.6 Å². The molecule has 1 fully saturated rings. The number of nitrogens with zero attached hydrogens (tertiary/aromatic N) is 5. The van der Waals surface area contributed by atoms with Gasteiger partial charge >= 0.3 is 12.7 Å². The summed E-state index contributed by atoms with van der Waals surface area (Å²) in [5.74, 6) is -1.01. The van der Waals surface area contributed by atoms with Crippen molar-refractivity contribution in [3.8, 4) is 5.75 Å². The Morgan fingerprint density at radius 2 is 2.22 bits per heavy atom. The molecule has 3 rings (SSSR count). The predicted octanol–water partition coefficient (Wildman–Crippen LogP) is 2.06. The zero-order valence-corrected chi connectivity index (χ0v) is 14.6. The van der Waals surface area contributed by atoms with Crippen molar-refractivity contribution < 1.29 is 27.8 Å². The summed E-state index contributed by atoms with van der Waals surface area (Å²) < 4.78 is 36.1. The van der Waals surface area contributed by atoms with E-state index in [0.29, 0.717) is 6.42 Å². The third kappa shape index (κ3) is 3.89. The largest absolute Gasteiger partial charge is 0.449 e. The van der Waals surface area contributed by atoms with Crippen LogP contribution < -0.4 is 15.0 Å². The number of tetrazole rings is 1. The fraction of sp³-hybridized carbons (Fsp3) is 0.357. The minimum Gasteiger partial charge on any atom is -0.449 e. The van der Waals surface area contributed by atoms with Crippen LogP contribution in [-0.2, 0) is 11.8 Å². The van der Waals surface area contributed by atoms with Crippen LogP contribution in [0.3, 0.4) is 0 Å². The molecule has 0 saturated carbocycles. The van der Waals surface area contributed by atoms with Crippen molar-refractivity contribution in [2.45, 2.75) is 13.0 Å². The summed E-state index contributed by atoms with van der Waals surface area (Å²) in [4.78, 5) is 25.6. The molecule has 0 atom stereocenters. The van der Waals surface area contributed by atoms with Crippen molar-refractivity contribution in [2.75, 3.05) is 23.4 Å². The Morgan fingerprint density at radius 3 is 2.85 bits per heavy atom. The Balaban J connectivity index is 2.00. The number of amides is 2. The maximum atomic E-state index is 12.7. The molecule has 10 nitrogen and oxygen atoms in total. The van der Waals surface area contributed by atoms with Gasteiger partial charge in [-0.3, -0.25) is 15.0 Å². The smallest absolute Gasteiger partial charge is 0.414 e. The van der Waals surface area contributed by atoms with Gasteiger partial charge in [-0.25, -0.2) is 9.48 Å². The summed E-state index contributed by atoms with van der Waals surface area (Å²) in [6, 6.07) is 2.32. The standard InChI is InChI=1S/C14H13ClF2N6O4/c1-22-13(19-20-21-22)18-11(24)7-3-4-8(27-12(16)17)10(9(7)15)23-5-2-6-26-14(23)25/h3-4,12H,2,5-6H2,1H3,(H,18,19,21,24). The van der Waals surface area contributed by atoms with Gasteiger partial charge < -0.3 is 9.47 Å². The minimum atomic E-state index is -3.15. The molecule has 0 aliphatic carbocycles. The highest BCUT2D eigenvalue weighted by atomic mass is 35.5. The first kappa shape index (κ1) is 18.8. The minimum absolute atomic E-state index is 0.0444. The molecule has 0 bridgehead atoms. The molecule has 1 aromatic carbocycles. The van der Waals surface area contributed by atoms with Gasteiger partial charge in [0.05, 0.1) is 17.2 Å². The van der Waals surface area contributed by atoms with Crippen LogP contribution in [0.2, 0.25) is 5.02 Å². The molecule has 1 aromatic heterocycles. The fourth-order valence-electron chi connectivity index (χ4n) is 2.42. The SMILES string of the molecule is Cn1nnnc1NC(=O)c1ccc(OC(F)F)c(N2CCCOC2=O)c1Cl. The molecule has 13 heteroatoms. The summed E-state index contributed by atoms with van der Waals surface area (Å²) >= 11 is 6.28. The summed E-state index contributed by atoms with van der Waals surface area (Å²) in [5, 5.41) is 12.7. The van der Waals surface area contributed by atoms with Crippen molar-refractivity contribution in [3.05, 3.63) is 22.7 Å². The number of cyclic esters (lactones) is 1. The van der Waals surface area contributed by atoms with E-state index in [1.165, 1.54) is 17.8 Å². The van der Waals surface area contributed by atoms with Crippen molar-refractivity contribution in [1.29, 1.82) is 0 Å². The number of rotatable bonds is 5. The molecule has 2 amide bonds. The summed E-state index contributed by atoms with van der Waals surface area (Å²) in [7, 11) is 1.51. The van der Waals surface area contributed by atoms with Crippen LogP contribution in [0.5, 0.6) is 5.75 Å². The number of carbonyl (C=O) groups is 2. The molecule has 0 spiro atoms. The Bertz CT molecular complexity index is 877. The van der Waals surface area contributed by atoms with Crippen molar-refractivity contribution in [3.63, 3.8) is 0 Å². The van der Waals surface area contributed by atoms with E-state index in [0.717, 1.165) is 11.0 Å². The number of halogens is 3. The number of aryl methyl sites for hydroxylation is 1. The molecule has 1 saturated heterocycles. The van der Waals surface area contributed by atoms with Crippen LogP contribution in [0.4, 0.5) is 25.2 Å². The molecule has 0 unspecified atom stereocenters. The fourth-order valence-corrected chi connectivity index (χ4v) is 2.77. The van der Waals surface area contributed by atoms with Gasteiger partial charge in [0.2, 0.25) is 5.95 Å². The van der Waals surface area contributed by atoms with Gasteiger partial charge in [-0.2, -0.15) is 8.78 Å². The second-order valence-electron chi connectivity index (χ2n) is 5.35. The lowest BCUT2D eigenvalue weighted by Crippen LogP contribution is -2.38. The lowest BCUT2D eigenvalue weighted by atomic mass is 10.1. The quantitative estimate of drug-likeness (QED) is 0.814. The first-order chi connectivity index (χ1) is 12.9. The molecule has 1 N–H and O–H groups in total. The molecule has 0 radical (unpaired) electrons. The highest BCUT2D eigenvalue weighted by Crippen LogP contribution is 2.40. The normalized spacial score (nSPS) is 14.3. The van der Waals surface area contributed by atoms with Crippen LogP contribution >= 0.6 is 11.6 Å². The first-order valence-corrected chi connectivity index (χ1v) is 8.01. The number of aromatic nitrogens is 4. The number of nitrogens with one attached hydrogen (secondary N) is 1. The van der Waals surface area contributed by atoms with Crippen LogP contribution in [0.15, 0.2) is 12.1 Å². The molecular formula is C14H13ClF2N6O4. The van der Waals surface area contributed by atoms with Crippen LogP contribution in [0.25, 0.3) is 0 Å². The van der Waals surface area contributed by atoms with E-state index in [9.17, 15) is 18.4 Å². The monoisotopic (exact) mass is 402 g/mol. The average Bonchev–Trinajstić information content (AvgIpc) is 3.00. The number of benzene rings is 1. The Hall–Kier alpha value is -3.02. The molecule has 1 aliphatic heterocycles. The lowest BCUT2D eigenvalue weighted by molar-refractivity contribution is -0.0495. The molecular weight excluding hydrogens is 390 g/mol. The van der Waals surface area contributed by atoms with Gasteiger partial charge in [0.15, 0.2) is 5.75 Å². The Morgan fingerprint density at radius 1 is 1.44 bits per heavy atom. The second kappa shape index (κ2) is 7.70. The topological polar surface area (TPSA) is 111 Å². The van der Waals surface area contributed by atoms with Crippen molar-refractivity contribution >= 4 is 35.2 Å². The van der Waals surface area contributed by atoms with E-state index >= 15 is 0 Å². The van der Waals surface area contributed by atoms with E-state index in [1.54, 1.807) is 0 Å². The second-order valence-corrected chi connectivity index (χ2v) is 5.73. The molecule has 2 heterocycles. The van der Waals surface area contributed by atoms with Crippen LogP contribution in [0, 0.1) is 0 Å². The number of carbonyl (C=O) groups excluding carboxylic acids is 2. The van der Waals surface area contributed by atoms with Gasteiger partial charge in [0.1, 0.15) is 5.69 Å². The maximum Gasteiger partial charge on any atom is 0.414 e. The van der Waals surface area contributed by atoms with Gasteiger partial charge in [-0.15, -0.1) is 0 Å². The summed E-state index contributed by atoms with van der Waals surface area (Å²) in [6.45, 7) is -2.79. The van der Waals surface area contributed by atoms with E-state index in [1.807, 2.05) is 0 Å². The molecule has 27 heavy (non-hydrogen) atoms. The highest BCUT2D eigenvalue weighted by molar-refractivity contribution is 6.37. The Kier molecular flexibility index (Phi) is 5.35. The zero-order chi connectivity index (χ0) is 19.6. The number of hydrogen-bond donors (Lipinski definition) is 1. The first-order valence-electron chi connectivity index (χ1n) is 7.63. The summed E-state index contributed by atoms with van der Waals surface area (Å²) in [5.41, 5.74) is -0.264. The summed E-state index contributed by atoms with van der Waals surface area (Å²) in [6.07, 6.45) is -0.325. The van der Waals surface area contributed by atoms with E-state index in [4.69, 9.17) is 16.3 Å². The van der Waals surface area contributed by atoms with Gasteiger partial charge in [0, 0.05) is 13.6 Å². The average molecular weight is 403 g/mol. The third-order valence-electron chi connectivity index (χ3n) is 3.63. The molecule has 2 aromatic rings. The number of hydrogen-bond acceptors (Lipinski definition) is 7. The molecule has 144 valence electrons. The molecule has 1 aliphatic rings. The van der Waals surface area contributed by atoms with Gasteiger partial charge in [-0.05, 0) is 29.0 Å². The van der Waals surface area contributed by atoms with Crippen LogP contribution in [0.1, 0.15) is 16.8 Å². The maximum absolute atomic E-state index is 12.7. The number of alkyl halides is 2. The lowest BCUT2D eigenvalue weighted by Gasteiger charge is -2.29. The zero-order valence-electron chi connectivity index (χ0n) is 13.9. The third-order valence-corrected chi connectivity index (χ3v) is 4.01. The Labute approximate surface area is 156 Å². The van der Waals surface area contributed by atoms with Crippen LogP contribution in [-0.4, -0.2) is 52.0 Å². The van der Waals surface area contributed by atoms with Gasteiger partial charge in [-0.1, -0.05) is 16.7 Å². The number of ether oxygens (including phenoxy) is 2. The highest BCUT2D eigenvalue weighted by Gasteiger charge is 2.30. The predicted molar refractivity (Wildman–Crippen MR) is 88.1 cm³/mol. The van der Waals surface area contributed by atoms with E-state index in [-0.39, 0.29) is 41.1 Å². The van der Waals surface area contributed by atoms with E-state index < -0.39 is 18.6 Å². The van der Waals surface area contributed by atoms with Crippen molar-refractivity contribution in [2.24, 2.45) is 7.05 Å². The number of anilines is 2. The van der Waals surface area contributed by atoms with Gasteiger partial charge in [0.25, 0.3) is 5.91 Å².